The summed E-state index contributed by atoms with van der Waals surface area (Å²) in [5.74, 6) is 0. The molecule has 2 rings (SSSR count). The average Bonchev–Trinajstić information content (AvgIpc) is 2.88. The molecule has 0 saturated heterocycles. The Morgan fingerprint density at radius 1 is 1.06 bits per heavy atom. The molecule has 0 amide bonds. The molecular formula is C12H15ClN2S2. The fourth-order valence-corrected chi connectivity index (χ4v) is 3.79. The molecule has 0 bridgehead atoms. The second kappa shape index (κ2) is 5.98. The molecule has 2 nitrogen and oxygen atoms in total. The van der Waals surface area contributed by atoms with E-state index in [-0.39, 0.29) is 0 Å². The molecule has 0 aliphatic heterocycles. The molecule has 0 spiro atoms. The van der Waals surface area contributed by atoms with Gasteiger partial charge in [0.05, 0.1) is 4.34 Å². The average molecular weight is 287 g/mol. The fourth-order valence-electron chi connectivity index (χ4n) is 1.64. The molecule has 0 saturated carbocycles. The monoisotopic (exact) mass is 286 g/mol. The first-order valence-corrected chi connectivity index (χ1v) is 7.39. The maximum atomic E-state index is 5.91. The molecule has 0 aliphatic carbocycles. The Balaban J connectivity index is 1.90. The van der Waals surface area contributed by atoms with E-state index < -0.39 is 0 Å². The largest absolute Gasteiger partial charge is 0.326 e. The highest BCUT2D eigenvalue weighted by Gasteiger charge is 2.06. The first kappa shape index (κ1) is 13.1. The highest BCUT2D eigenvalue weighted by atomic mass is 35.5. The van der Waals surface area contributed by atoms with Gasteiger partial charge in [-0.25, -0.2) is 0 Å². The summed E-state index contributed by atoms with van der Waals surface area (Å²) in [5.41, 5.74) is 5.60. The highest BCUT2D eigenvalue weighted by Crippen LogP contribution is 2.23. The molecule has 0 atom stereocenters. The molecule has 2 N–H and O–H groups in total. The van der Waals surface area contributed by atoms with Gasteiger partial charge in [-0.15, -0.1) is 22.7 Å². The maximum Gasteiger partial charge on any atom is 0.0931 e. The smallest absolute Gasteiger partial charge is 0.0931 e. The van der Waals surface area contributed by atoms with Crippen LogP contribution in [0.3, 0.4) is 0 Å². The minimum Gasteiger partial charge on any atom is -0.326 e. The van der Waals surface area contributed by atoms with Crippen LogP contribution in [0.25, 0.3) is 0 Å². The third kappa shape index (κ3) is 3.79. The Labute approximate surface area is 115 Å². The van der Waals surface area contributed by atoms with Gasteiger partial charge in [-0.2, -0.15) is 0 Å². The van der Waals surface area contributed by atoms with Gasteiger partial charge >= 0.3 is 0 Å². The Kier molecular flexibility index (Phi) is 4.59. The molecule has 2 aromatic rings. The topological polar surface area (TPSA) is 29.3 Å². The lowest BCUT2D eigenvalue weighted by Gasteiger charge is -2.14. The van der Waals surface area contributed by atoms with Crippen molar-refractivity contribution in [2.45, 2.75) is 19.6 Å². The lowest BCUT2D eigenvalue weighted by atomic mass is 10.4. The van der Waals surface area contributed by atoms with Gasteiger partial charge in [0.25, 0.3) is 0 Å². The van der Waals surface area contributed by atoms with Gasteiger partial charge in [0.15, 0.2) is 0 Å². The predicted molar refractivity (Wildman–Crippen MR) is 76.7 cm³/mol. The van der Waals surface area contributed by atoms with Crippen molar-refractivity contribution in [1.82, 2.24) is 4.90 Å². The Hall–Kier alpha value is -0.390. The summed E-state index contributed by atoms with van der Waals surface area (Å²) in [4.78, 5) is 6.19. The van der Waals surface area contributed by atoms with E-state index in [0.717, 1.165) is 17.4 Å². The van der Waals surface area contributed by atoms with E-state index in [1.54, 1.807) is 22.7 Å². The summed E-state index contributed by atoms with van der Waals surface area (Å²) in [7, 11) is 2.12. The zero-order chi connectivity index (χ0) is 12.3. The minimum absolute atomic E-state index is 0.634. The summed E-state index contributed by atoms with van der Waals surface area (Å²) in [5, 5.41) is 0. The van der Waals surface area contributed by atoms with Crippen LogP contribution in [0.5, 0.6) is 0 Å². The number of hydrogen-bond acceptors (Lipinski definition) is 4. The van der Waals surface area contributed by atoms with E-state index in [0.29, 0.717) is 6.54 Å². The second-order valence-corrected chi connectivity index (χ2v) is 7.00. The summed E-state index contributed by atoms with van der Waals surface area (Å²) in [6, 6.07) is 8.30. The predicted octanol–water partition coefficient (Wildman–Crippen LogP) is 3.55. The zero-order valence-electron chi connectivity index (χ0n) is 9.65. The summed E-state index contributed by atoms with van der Waals surface area (Å²) >= 11 is 9.35. The summed E-state index contributed by atoms with van der Waals surface area (Å²) in [6.07, 6.45) is 0. The molecule has 5 heteroatoms. The van der Waals surface area contributed by atoms with Crippen LogP contribution in [0.15, 0.2) is 24.3 Å². The summed E-state index contributed by atoms with van der Waals surface area (Å²) < 4.78 is 0.856. The number of rotatable bonds is 5. The van der Waals surface area contributed by atoms with E-state index in [1.165, 1.54) is 14.6 Å². The number of halogens is 1. The van der Waals surface area contributed by atoms with Crippen molar-refractivity contribution in [2.75, 3.05) is 7.05 Å². The number of nitrogens with zero attached hydrogens (tertiary/aromatic N) is 1. The lowest BCUT2D eigenvalue weighted by Crippen LogP contribution is -2.15. The first-order valence-electron chi connectivity index (χ1n) is 5.38. The molecule has 0 radical (unpaired) electrons. The van der Waals surface area contributed by atoms with Gasteiger partial charge in [0.2, 0.25) is 0 Å². The van der Waals surface area contributed by atoms with Gasteiger partial charge in [0.1, 0.15) is 0 Å². The van der Waals surface area contributed by atoms with E-state index >= 15 is 0 Å². The maximum absolute atomic E-state index is 5.91. The molecular weight excluding hydrogens is 272 g/mol. The van der Waals surface area contributed by atoms with Crippen molar-refractivity contribution in [3.63, 3.8) is 0 Å². The summed E-state index contributed by atoms with van der Waals surface area (Å²) in [6.45, 7) is 2.53. The molecule has 0 fully saturated rings. The first-order chi connectivity index (χ1) is 8.17. The molecule has 0 aliphatic rings. The second-order valence-electron chi connectivity index (χ2n) is 3.95. The van der Waals surface area contributed by atoms with Gasteiger partial charge in [-0.1, -0.05) is 11.6 Å². The van der Waals surface area contributed by atoms with Crippen molar-refractivity contribution >= 4 is 34.3 Å². The lowest BCUT2D eigenvalue weighted by molar-refractivity contribution is 0.325. The highest BCUT2D eigenvalue weighted by molar-refractivity contribution is 7.16. The quantitative estimate of drug-likeness (QED) is 0.911. The molecule has 2 aromatic heterocycles. The van der Waals surface area contributed by atoms with Crippen LogP contribution in [0.2, 0.25) is 4.34 Å². The fraction of sp³-hybridized carbons (Fsp3) is 0.333. The molecule has 17 heavy (non-hydrogen) atoms. The Morgan fingerprint density at radius 2 is 1.65 bits per heavy atom. The van der Waals surface area contributed by atoms with Gasteiger partial charge in [-0.3, -0.25) is 4.90 Å². The van der Waals surface area contributed by atoms with Crippen molar-refractivity contribution in [2.24, 2.45) is 5.73 Å². The van der Waals surface area contributed by atoms with Gasteiger partial charge in [-0.05, 0) is 31.3 Å². The third-order valence-electron chi connectivity index (χ3n) is 2.40. The van der Waals surface area contributed by atoms with Crippen LogP contribution >= 0.6 is 34.3 Å². The van der Waals surface area contributed by atoms with Crippen LogP contribution in [0.1, 0.15) is 14.6 Å². The van der Waals surface area contributed by atoms with Crippen LogP contribution in [0.4, 0.5) is 0 Å². The van der Waals surface area contributed by atoms with E-state index in [4.69, 9.17) is 17.3 Å². The molecule has 92 valence electrons. The number of nitrogens with two attached hydrogens (primary N) is 1. The van der Waals surface area contributed by atoms with Crippen LogP contribution < -0.4 is 5.73 Å². The Morgan fingerprint density at radius 3 is 2.18 bits per heavy atom. The van der Waals surface area contributed by atoms with Gasteiger partial charge in [0, 0.05) is 34.3 Å². The molecule has 2 heterocycles. The standard InChI is InChI=1S/C12H15ClN2S2/c1-15(8-11-4-5-12(13)17-11)7-10-3-2-9(6-14)16-10/h2-5H,6-8,14H2,1H3. The van der Waals surface area contributed by atoms with E-state index in [1.807, 2.05) is 6.07 Å². The SMILES string of the molecule is CN(Cc1ccc(Cl)s1)Cc1ccc(CN)s1. The normalized spacial score (nSPS) is 11.3. The van der Waals surface area contributed by atoms with E-state index in [2.05, 4.69) is 30.1 Å². The van der Waals surface area contributed by atoms with Crippen molar-refractivity contribution in [3.8, 4) is 0 Å². The van der Waals surface area contributed by atoms with E-state index in [9.17, 15) is 0 Å². The Bertz CT molecular complexity index is 478. The molecule has 0 unspecified atom stereocenters. The van der Waals surface area contributed by atoms with Crippen molar-refractivity contribution in [1.29, 1.82) is 0 Å². The minimum atomic E-state index is 0.634. The zero-order valence-corrected chi connectivity index (χ0v) is 12.0. The molecule has 0 aromatic carbocycles. The van der Waals surface area contributed by atoms with Crippen LogP contribution in [-0.4, -0.2) is 11.9 Å². The van der Waals surface area contributed by atoms with Crippen molar-refractivity contribution < 1.29 is 0 Å². The third-order valence-corrected chi connectivity index (χ3v) is 4.71. The number of hydrogen-bond donors (Lipinski definition) is 1. The van der Waals surface area contributed by atoms with Crippen LogP contribution in [-0.2, 0) is 19.6 Å². The van der Waals surface area contributed by atoms with Crippen molar-refractivity contribution in [3.05, 3.63) is 43.2 Å². The number of thiophene rings is 2. The van der Waals surface area contributed by atoms with Crippen LogP contribution in [0, 0.1) is 0 Å². The van der Waals surface area contributed by atoms with Gasteiger partial charge < -0.3 is 5.73 Å².